The molecule has 1 saturated carbocycles. The molecule has 0 aliphatic heterocycles. The van der Waals surface area contributed by atoms with Crippen LogP contribution in [0.5, 0.6) is 23.0 Å². The second-order valence-electron chi connectivity index (χ2n) is 8.85. The van der Waals surface area contributed by atoms with Gasteiger partial charge >= 0.3 is 17.9 Å². The van der Waals surface area contributed by atoms with Gasteiger partial charge < -0.3 is 44.1 Å². The van der Waals surface area contributed by atoms with Crippen LogP contribution in [0.2, 0.25) is 0 Å². The van der Waals surface area contributed by atoms with Gasteiger partial charge in [-0.15, -0.1) is 0 Å². The molecule has 0 bridgehead atoms. The van der Waals surface area contributed by atoms with E-state index in [0.29, 0.717) is 11.1 Å². The molecular formula is C26H30O12. The van der Waals surface area contributed by atoms with Gasteiger partial charge in [-0.1, -0.05) is 12.1 Å². The second-order valence-corrected chi connectivity index (χ2v) is 8.85. The lowest BCUT2D eigenvalue weighted by atomic mass is 9.79. The van der Waals surface area contributed by atoms with E-state index in [1.165, 1.54) is 50.6 Å². The van der Waals surface area contributed by atoms with Crippen LogP contribution in [0.4, 0.5) is 0 Å². The zero-order valence-corrected chi connectivity index (χ0v) is 21.1. The lowest BCUT2D eigenvalue weighted by molar-refractivity contribution is -0.209. The monoisotopic (exact) mass is 534 g/mol. The number of carbonyl (C=O) groups is 3. The molecule has 2 aromatic rings. The standard InChI is InChI=1S/C26H30O12/c1-34-19-8-14(4-6-16(19)27)10-22(30)37-21-13-26(33,25(32)36-3)12-18(29)24(21)38-23(31)11-15-5-7-17(28)20(9-15)35-2/h4-9,18,21,24,27-29,33H,10-13H2,1-3H3/t18-,21-,24+,26+/m0/s1. The van der Waals surface area contributed by atoms with Crippen LogP contribution in [0.25, 0.3) is 0 Å². The molecule has 1 aliphatic carbocycles. The van der Waals surface area contributed by atoms with Gasteiger partial charge in [-0.25, -0.2) is 4.79 Å². The molecule has 0 heterocycles. The summed E-state index contributed by atoms with van der Waals surface area (Å²) in [6.07, 6.45) is -5.93. The molecule has 38 heavy (non-hydrogen) atoms. The summed E-state index contributed by atoms with van der Waals surface area (Å²) >= 11 is 0. The first-order chi connectivity index (χ1) is 18.0. The van der Waals surface area contributed by atoms with Gasteiger partial charge in [0.25, 0.3) is 0 Å². The van der Waals surface area contributed by atoms with E-state index in [9.17, 15) is 34.8 Å². The quantitative estimate of drug-likeness (QED) is 0.263. The van der Waals surface area contributed by atoms with Gasteiger partial charge in [0.15, 0.2) is 34.7 Å². The Morgan fingerprint density at radius 1 is 0.842 bits per heavy atom. The molecule has 0 radical (unpaired) electrons. The number of methoxy groups -OCH3 is 3. The van der Waals surface area contributed by atoms with Crippen LogP contribution in [0.15, 0.2) is 36.4 Å². The Labute approximate surface area is 218 Å². The molecule has 0 amide bonds. The number of aliphatic hydroxyl groups excluding tert-OH is 1. The fourth-order valence-electron chi connectivity index (χ4n) is 4.26. The van der Waals surface area contributed by atoms with Crippen LogP contribution >= 0.6 is 0 Å². The maximum Gasteiger partial charge on any atom is 0.338 e. The van der Waals surface area contributed by atoms with Crippen LogP contribution in [0, 0.1) is 0 Å². The Morgan fingerprint density at radius 2 is 1.34 bits per heavy atom. The van der Waals surface area contributed by atoms with Gasteiger partial charge in [-0.2, -0.15) is 0 Å². The Hall–Kier alpha value is -4.03. The summed E-state index contributed by atoms with van der Waals surface area (Å²) in [7, 11) is 3.76. The summed E-state index contributed by atoms with van der Waals surface area (Å²) < 4.78 is 25.6. The molecule has 1 fully saturated rings. The minimum Gasteiger partial charge on any atom is -0.504 e. The second kappa shape index (κ2) is 12.0. The summed E-state index contributed by atoms with van der Waals surface area (Å²) in [5.41, 5.74) is -1.32. The number of hydrogen-bond acceptors (Lipinski definition) is 12. The van der Waals surface area contributed by atoms with Gasteiger partial charge in [0.1, 0.15) is 6.10 Å². The van der Waals surface area contributed by atoms with Crippen molar-refractivity contribution in [1.82, 2.24) is 0 Å². The third kappa shape index (κ3) is 6.64. The summed E-state index contributed by atoms with van der Waals surface area (Å²) in [6.45, 7) is 0. The van der Waals surface area contributed by atoms with Crippen molar-refractivity contribution in [3.8, 4) is 23.0 Å². The molecule has 1 aliphatic rings. The predicted molar refractivity (Wildman–Crippen MR) is 129 cm³/mol. The van der Waals surface area contributed by atoms with E-state index in [1.54, 1.807) is 0 Å². The van der Waals surface area contributed by atoms with E-state index in [1.807, 2.05) is 0 Å². The number of ether oxygens (including phenoxy) is 5. The van der Waals surface area contributed by atoms with Gasteiger partial charge in [0.2, 0.25) is 0 Å². The lowest BCUT2D eigenvalue weighted by Gasteiger charge is -2.41. The highest BCUT2D eigenvalue weighted by Gasteiger charge is 2.53. The van der Waals surface area contributed by atoms with Crippen molar-refractivity contribution in [3.63, 3.8) is 0 Å². The number of esters is 3. The summed E-state index contributed by atoms with van der Waals surface area (Å²) in [6, 6.07) is 8.51. The molecule has 0 aromatic heterocycles. The average molecular weight is 535 g/mol. The van der Waals surface area contributed by atoms with Crippen molar-refractivity contribution in [1.29, 1.82) is 0 Å². The molecule has 4 atom stereocenters. The van der Waals surface area contributed by atoms with E-state index < -0.39 is 54.7 Å². The minimum atomic E-state index is -2.19. The average Bonchev–Trinajstić information content (AvgIpc) is 2.87. The number of rotatable bonds is 9. The number of carbonyl (C=O) groups excluding carboxylic acids is 3. The summed E-state index contributed by atoms with van der Waals surface area (Å²) in [4.78, 5) is 37.7. The first kappa shape index (κ1) is 28.5. The maximum atomic E-state index is 12.8. The number of phenolic OH excluding ortho intramolecular Hbond substituents is 2. The Balaban J connectivity index is 1.78. The van der Waals surface area contributed by atoms with E-state index in [-0.39, 0.29) is 35.8 Å². The SMILES string of the molecule is COC(=O)[C@]1(O)C[C@H](OC(=O)Cc2ccc(O)c(OC)c2)[C@H](OC(=O)Cc2ccc(O)c(OC)c2)[C@@H](O)C1. The summed E-state index contributed by atoms with van der Waals surface area (Å²) in [5, 5.41) is 41.0. The van der Waals surface area contributed by atoms with Crippen molar-refractivity contribution >= 4 is 17.9 Å². The number of phenols is 2. The van der Waals surface area contributed by atoms with Crippen molar-refractivity contribution < 1.29 is 58.5 Å². The smallest absolute Gasteiger partial charge is 0.338 e. The molecule has 0 spiro atoms. The van der Waals surface area contributed by atoms with E-state index in [4.69, 9.17) is 18.9 Å². The highest BCUT2D eigenvalue weighted by Crippen LogP contribution is 2.35. The Kier molecular flexibility index (Phi) is 9.02. The van der Waals surface area contributed by atoms with E-state index >= 15 is 0 Å². The topological polar surface area (TPSA) is 178 Å². The number of hydrogen-bond donors (Lipinski definition) is 4. The molecule has 12 nitrogen and oxygen atoms in total. The summed E-state index contributed by atoms with van der Waals surface area (Å²) in [5.74, 6) is -2.60. The van der Waals surface area contributed by atoms with Crippen molar-refractivity contribution in [2.75, 3.05) is 21.3 Å². The fraction of sp³-hybridized carbons (Fsp3) is 0.423. The zero-order chi connectivity index (χ0) is 28.0. The molecule has 4 N–H and O–H groups in total. The highest BCUT2D eigenvalue weighted by atomic mass is 16.6. The van der Waals surface area contributed by atoms with Crippen LogP contribution < -0.4 is 9.47 Å². The third-order valence-electron chi connectivity index (χ3n) is 6.13. The predicted octanol–water partition coefficient (Wildman–Crippen LogP) is 0.783. The minimum absolute atomic E-state index is 0.118. The largest absolute Gasteiger partial charge is 0.504 e. The fourth-order valence-corrected chi connectivity index (χ4v) is 4.26. The normalized spacial score (nSPS) is 22.7. The van der Waals surface area contributed by atoms with Crippen LogP contribution in [-0.4, -0.2) is 83.6 Å². The van der Waals surface area contributed by atoms with Crippen molar-refractivity contribution in [3.05, 3.63) is 47.5 Å². The van der Waals surface area contributed by atoms with Gasteiger partial charge in [-0.05, 0) is 35.4 Å². The van der Waals surface area contributed by atoms with Crippen molar-refractivity contribution in [2.24, 2.45) is 0 Å². The van der Waals surface area contributed by atoms with Crippen LogP contribution in [0.3, 0.4) is 0 Å². The molecule has 2 aromatic carbocycles. The number of aliphatic hydroxyl groups is 2. The van der Waals surface area contributed by atoms with E-state index in [2.05, 4.69) is 4.74 Å². The Morgan fingerprint density at radius 3 is 1.82 bits per heavy atom. The van der Waals surface area contributed by atoms with Gasteiger partial charge in [0, 0.05) is 12.8 Å². The Bertz CT molecular complexity index is 1180. The van der Waals surface area contributed by atoms with Gasteiger partial charge in [0.05, 0.1) is 40.3 Å². The molecule has 0 unspecified atom stereocenters. The molecule has 12 heteroatoms. The lowest BCUT2D eigenvalue weighted by Crippen LogP contribution is -2.58. The molecule has 3 rings (SSSR count). The first-order valence-electron chi connectivity index (χ1n) is 11.6. The zero-order valence-electron chi connectivity index (χ0n) is 21.1. The third-order valence-corrected chi connectivity index (χ3v) is 6.13. The van der Waals surface area contributed by atoms with E-state index in [0.717, 1.165) is 7.11 Å². The maximum absolute atomic E-state index is 12.8. The van der Waals surface area contributed by atoms with Gasteiger partial charge in [-0.3, -0.25) is 9.59 Å². The molecule has 0 saturated heterocycles. The van der Waals surface area contributed by atoms with Crippen molar-refractivity contribution in [2.45, 2.75) is 49.6 Å². The van der Waals surface area contributed by atoms with Crippen LogP contribution in [0.1, 0.15) is 24.0 Å². The van der Waals surface area contributed by atoms with Crippen LogP contribution in [-0.2, 0) is 41.4 Å². The number of aromatic hydroxyl groups is 2. The molecule has 206 valence electrons. The molecular weight excluding hydrogens is 504 g/mol. The highest BCUT2D eigenvalue weighted by molar-refractivity contribution is 5.80. The number of benzene rings is 2. The first-order valence-corrected chi connectivity index (χ1v) is 11.6.